The van der Waals surface area contributed by atoms with Gasteiger partial charge in [-0.1, -0.05) is 36.4 Å². The van der Waals surface area contributed by atoms with Gasteiger partial charge in [-0.15, -0.1) is 0 Å². The molecule has 0 aliphatic carbocycles. The Morgan fingerprint density at radius 1 is 0.900 bits per heavy atom. The number of hydrogen-bond acceptors (Lipinski definition) is 1. The molecule has 96 valence electrons. The lowest BCUT2D eigenvalue weighted by molar-refractivity contribution is 1.46. The van der Waals surface area contributed by atoms with Gasteiger partial charge < -0.3 is 5.32 Å². The van der Waals surface area contributed by atoms with Gasteiger partial charge in [-0.2, -0.15) is 0 Å². The predicted molar refractivity (Wildman–Crippen MR) is 86.8 cm³/mol. The van der Waals surface area contributed by atoms with Crippen molar-refractivity contribution in [2.75, 3.05) is 5.32 Å². The third kappa shape index (κ3) is 1.64. The van der Waals surface area contributed by atoms with Crippen molar-refractivity contribution in [2.45, 2.75) is 6.92 Å². The van der Waals surface area contributed by atoms with Gasteiger partial charge in [0, 0.05) is 17.3 Å². The van der Waals surface area contributed by atoms with Crippen molar-refractivity contribution in [3.8, 4) is 11.1 Å². The largest absolute Gasteiger partial charge is 0.361 e. The molecule has 0 spiro atoms. The Morgan fingerprint density at radius 2 is 1.80 bits per heavy atom. The van der Waals surface area contributed by atoms with Crippen LogP contribution in [-0.2, 0) is 0 Å². The molecule has 1 aliphatic heterocycles. The Kier molecular flexibility index (Phi) is 2.40. The van der Waals surface area contributed by atoms with Crippen LogP contribution in [-0.4, -0.2) is 0 Å². The normalized spacial score (nSPS) is 12.4. The maximum absolute atomic E-state index is 3.32. The smallest absolute Gasteiger partial charge is 0.0465 e. The van der Waals surface area contributed by atoms with E-state index in [9.17, 15) is 0 Å². The molecule has 0 radical (unpaired) electrons. The Hall–Kier alpha value is -2.54. The van der Waals surface area contributed by atoms with Crippen molar-refractivity contribution >= 4 is 22.5 Å². The molecular formula is C19H15N. The summed E-state index contributed by atoms with van der Waals surface area (Å²) in [5.74, 6) is 0. The highest BCUT2D eigenvalue weighted by molar-refractivity contribution is 6.04. The number of anilines is 1. The molecule has 0 bridgehead atoms. The van der Waals surface area contributed by atoms with Gasteiger partial charge in [0.25, 0.3) is 0 Å². The third-order valence-corrected chi connectivity index (χ3v) is 3.97. The number of aryl methyl sites for hydroxylation is 1. The molecule has 1 N–H and O–H groups in total. The fourth-order valence-corrected chi connectivity index (χ4v) is 2.99. The highest BCUT2D eigenvalue weighted by Crippen LogP contribution is 2.35. The molecule has 4 rings (SSSR count). The van der Waals surface area contributed by atoms with Crippen molar-refractivity contribution in [3.63, 3.8) is 0 Å². The minimum absolute atomic E-state index is 1.19. The maximum atomic E-state index is 3.32. The summed E-state index contributed by atoms with van der Waals surface area (Å²) in [6.07, 6.45) is 4.16. The van der Waals surface area contributed by atoms with Crippen molar-refractivity contribution in [1.29, 1.82) is 0 Å². The average Bonchev–Trinajstić information content (AvgIpc) is 2.48. The first-order chi connectivity index (χ1) is 9.83. The summed E-state index contributed by atoms with van der Waals surface area (Å²) in [6.45, 7) is 2.17. The fourth-order valence-electron chi connectivity index (χ4n) is 2.99. The van der Waals surface area contributed by atoms with Gasteiger partial charge in [0.05, 0.1) is 0 Å². The second-order valence-electron chi connectivity index (χ2n) is 5.26. The zero-order valence-corrected chi connectivity index (χ0v) is 11.4. The second kappa shape index (κ2) is 4.24. The number of rotatable bonds is 1. The quantitative estimate of drug-likeness (QED) is 0.631. The van der Waals surface area contributed by atoms with Gasteiger partial charge in [-0.05, 0) is 58.8 Å². The highest BCUT2D eigenvalue weighted by atomic mass is 14.8. The molecule has 1 aliphatic rings. The first-order valence-electron chi connectivity index (χ1n) is 6.89. The van der Waals surface area contributed by atoms with E-state index in [4.69, 9.17) is 0 Å². The Morgan fingerprint density at radius 3 is 2.70 bits per heavy atom. The fraction of sp³-hybridized carbons (Fsp3) is 0.0526. The summed E-state index contributed by atoms with van der Waals surface area (Å²) in [4.78, 5) is 0. The number of hydrogen-bond donors (Lipinski definition) is 1. The van der Waals surface area contributed by atoms with Crippen molar-refractivity contribution in [1.82, 2.24) is 0 Å². The van der Waals surface area contributed by atoms with Gasteiger partial charge in [0.15, 0.2) is 0 Å². The standard InChI is InChI=1S/C19H15N/c1-13-5-2-3-7-17(13)16-11-14-6-4-8-18-19(14)15(12-16)9-10-20-18/h2-12,20H,1H3. The van der Waals surface area contributed by atoms with E-state index in [2.05, 4.69) is 72.9 Å². The number of nitrogens with one attached hydrogen (secondary N) is 1. The summed E-state index contributed by atoms with van der Waals surface area (Å²) < 4.78 is 0. The van der Waals surface area contributed by atoms with Crippen molar-refractivity contribution < 1.29 is 0 Å². The first kappa shape index (κ1) is 11.3. The third-order valence-electron chi connectivity index (χ3n) is 3.97. The van der Waals surface area contributed by atoms with Crippen LogP contribution in [0.15, 0.2) is 60.8 Å². The van der Waals surface area contributed by atoms with Crippen LogP contribution in [0.25, 0.3) is 28.0 Å². The summed E-state index contributed by atoms with van der Waals surface area (Å²) in [5.41, 5.74) is 6.39. The molecule has 0 atom stereocenters. The van der Waals surface area contributed by atoms with Crippen LogP contribution in [0.1, 0.15) is 11.1 Å². The van der Waals surface area contributed by atoms with Crippen molar-refractivity contribution in [2.24, 2.45) is 0 Å². The van der Waals surface area contributed by atoms with Gasteiger partial charge >= 0.3 is 0 Å². The summed E-state index contributed by atoms with van der Waals surface area (Å²) in [5, 5.41) is 5.92. The minimum atomic E-state index is 1.19. The molecule has 0 amide bonds. The lowest BCUT2D eigenvalue weighted by atomic mass is 9.93. The van der Waals surface area contributed by atoms with Crippen LogP contribution in [0.2, 0.25) is 0 Å². The van der Waals surface area contributed by atoms with Crippen LogP contribution in [0.3, 0.4) is 0 Å². The molecule has 0 saturated carbocycles. The molecule has 1 heterocycles. The molecule has 0 saturated heterocycles. The van der Waals surface area contributed by atoms with Crippen LogP contribution >= 0.6 is 0 Å². The van der Waals surface area contributed by atoms with Gasteiger partial charge in [0.1, 0.15) is 0 Å². The molecule has 0 unspecified atom stereocenters. The molecule has 1 nitrogen and oxygen atoms in total. The lowest BCUT2D eigenvalue weighted by Crippen LogP contribution is -1.96. The Labute approximate surface area is 118 Å². The Bertz CT molecular complexity index is 844. The SMILES string of the molecule is Cc1ccccc1-c1cc2c3c(cccc3c1)NC=C2. The summed E-state index contributed by atoms with van der Waals surface area (Å²) >= 11 is 0. The van der Waals surface area contributed by atoms with Gasteiger partial charge in [-0.25, -0.2) is 0 Å². The van der Waals surface area contributed by atoms with E-state index in [0.29, 0.717) is 0 Å². The monoisotopic (exact) mass is 257 g/mol. The van der Waals surface area contributed by atoms with E-state index in [1.54, 1.807) is 0 Å². The zero-order valence-electron chi connectivity index (χ0n) is 11.4. The van der Waals surface area contributed by atoms with Gasteiger partial charge in [0.2, 0.25) is 0 Å². The van der Waals surface area contributed by atoms with E-state index in [-0.39, 0.29) is 0 Å². The van der Waals surface area contributed by atoms with E-state index < -0.39 is 0 Å². The highest BCUT2D eigenvalue weighted by Gasteiger charge is 2.11. The molecule has 3 aromatic rings. The molecule has 1 heteroatoms. The van der Waals surface area contributed by atoms with Gasteiger partial charge in [-0.3, -0.25) is 0 Å². The lowest BCUT2D eigenvalue weighted by Gasteiger charge is -2.16. The average molecular weight is 257 g/mol. The summed E-state index contributed by atoms with van der Waals surface area (Å²) in [7, 11) is 0. The topological polar surface area (TPSA) is 12.0 Å². The maximum Gasteiger partial charge on any atom is 0.0465 e. The molecule has 0 aromatic heterocycles. The number of benzene rings is 3. The first-order valence-corrected chi connectivity index (χ1v) is 6.89. The minimum Gasteiger partial charge on any atom is -0.361 e. The molecule has 0 fully saturated rings. The van der Waals surface area contributed by atoms with Crippen LogP contribution < -0.4 is 5.32 Å². The van der Waals surface area contributed by atoms with E-state index in [1.165, 1.54) is 38.7 Å². The van der Waals surface area contributed by atoms with Crippen LogP contribution in [0.4, 0.5) is 5.69 Å². The van der Waals surface area contributed by atoms with Crippen molar-refractivity contribution in [3.05, 3.63) is 71.9 Å². The Balaban J connectivity index is 2.05. The van der Waals surface area contributed by atoms with Crippen LogP contribution in [0, 0.1) is 6.92 Å². The summed E-state index contributed by atoms with van der Waals surface area (Å²) in [6, 6.07) is 19.5. The van der Waals surface area contributed by atoms with E-state index >= 15 is 0 Å². The van der Waals surface area contributed by atoms with E-state index in [1.807, 2.05) is 6.20 Å². The van der Waals surface area contributed by atoms with Crippen LogP contribution in [0.5, 0.6) is 0 Å². The molecule has 20 heavy (non-hydrogen) atoms. The molecular weight excluding hydrogens is 242 g/mol. The van der Waals surface area contributed by atoms with E-state index in [0.717, 1.165) is 0 Å². The zero-order chi connectivity index (χ0) is 13.5. The second-order valence-corrected chi connectivity index (χ2v) is 5.26. The predicted octanol–water partition coefficient (Wildman–Crippen LogP) is 5.21. The molecule has 3 aromatic carbocycles.